The summed E-state index contributed by atoms with van der Waals surface area (Å²) in [5.41, 5.74) is 2.33. The number of halogens is 2. The summed E-state index contributed by atoms with van der Waals surface area (Å²) in [6.07, 6.45) is 0.563. The van der Waals surface area contributed by atoms with Gasteiger partial charge in [0.05, 0.1) is 27.2 Å². The van der Waals surface area contributed by atoms with E-state index in [9.17, 15) is 13.2 Å². The molecule has 0 unspecified atom stereocenters. The van der Waals surface area contributed by atoms with Crippen molar-refractivity contribution < 1.29 is 13.2 Å². The molecule has 1 N–H and O–H groups in total. The van der Waals surface area contributed by atoms with Gasteiger partial charge < -0.3 is 5.32 Å². The van der Waals surface area contributed by atoms with E-state index in [1.807, 2.05) is 6.92 Å². The van der Waals surface area contributed by atoms with Crippen LogP contribution in [-0.2, 0) is 16.4 Å². The topological polar surface area (TPSA) is 66.5 Å². The fraction of sp³-hybridized carbons (Fsp3) is 0.278. The molecule has 0 aliphatic carbocycles. The summed E-state index contributed by atoms with van der Waals surface area (Å²) >= 11 is 12.1. The van der Waals surface area contributed by atoms with Crippen molar-refractivity contribution >= 4 is 50.5 Å². The molecule has 0 spiro atoms. The van der Waals surface area contributed by atoms with Gasteiger partial charge in [-0.25, -0.2) is 8.42 Å². The van der Waals surface area contributed by atoms with Crippen LogP contribution in [0.2, 0.25) is 10.0 Å². The number of benzene rings is 2. The molecule has 1 aliphatic heterocycles. The first-order valence-corrected chi connectivity index (χ1v) is 10.5. The second-order valence-electron chi connectivity index (χ2n) is 6.15. The van der Waals surface area contributed by atoms with Crippen LogP contribution < -0.4 is 9.62 Å². The highest BCUT2D eigenvalue weighted by molar-refractivity contribution is 7.92. The Morgan fingerprint density at radius 1 is 1.27 bits per heavy atom. The first-order valence-electron chi connectivity index (χ1n) is 8.15. The summed E-state index contributed by atoms with van der Waals surface area (Å²) in [6, 6.07) is 9.85. The average molecular weight is 413 g/mol. The Labute approximate surface area is 163 Å². The summed E-state index contributed by atoms with van der Waals surface area (Å²) in [6.45, 7) is 3.48. The summed E-state index contributed by atoms with van der Waals surface area (Å²) in [7, 11) is -3.35. The molecule has 1 atom stereocenters. The van der Waals surface area contributed by atoms with Crippen LogP contribution in [0.25, 0.3) is 0 Å². The molecular formula is C18H18Cl2N2O3S. The Morgan fingerprint density at radius 2 is 2.00 bits per heavy atom. The number of fused-ring (bicyclic) bond motifs is 1. The van der Waals surface area contributed by atoms with Crippen LogP contribution in [0.15, 0.2) is 36.4 Å². The molecule has 1 amide bonds. The normalized spacial score (nSPS) is 16.5. The summed E-state index contributed by atoms with van der Waals surface area (Å²) < 4.78 is 26.1. The smallest absolute Gasteiger partial charge is 0.255 e. The van der Waals surface area contributed by atoms with Crippen LogP contribution in [0.4, 0.5) is 11.4 Å². The van der Waals surface area contributed by atoms with E-state index in [4.69, 9.17) is 23.2 Å². The second-order valence-corrected chi connectivity index (χ2v) is 9.07. The molecule has 2 aromatic rings. The van der Waals surface area contributed by atoms with E-state index in [0.717, 1.165) is 5.56 Å². The molecule has 138 valence electrons. The van der Waals surface area contributed by atoms with Gasteiger partial charge in [0.1, 0.15) is 0 Å². The average Bonchev–Trinajstić information content (AvgIpc) is 2.94. The number of carbonyl (C=O) groups is 1. The van der Waals surface area contributed by atoms with Crippen LogP contribution in [0.3, 0.4) is 0 Å². The number of carbonyl (C=O) groups excluding carboxylic acids is 1. The predicted molar refractivity (Wildman–Crippen MR) is 106 cm³/mol. The first kappa shape index (κ1) is 19.0. The number of rotatable bonds is 4. The minimum Gasteiger partial charge on any atom is -0.321 e. The van der Waals surface area contributed by atoms with Crippen LogP contribution in [0, 0.1) is 0 Å². The summed E-state index contributed by atoms with van der Waals surface area (Å²) in [5, 5.41) is 3.36. The molecule has 0 fully saturated rings. The van der Waals surface area contributed by atoms with Crippen molar-refractivity contribution in [3.8, 4) is 0 Å². The lowest BCUT2D eigenvalue weighted by Gasteiger charge is -2.23. The molecule has 0 saturated carbocycles. The van der Waals surface area contributed by atoms with Crippen LogP contribution in [0.1, 0.15) is 29.8 Å². The van der Waals surface area contributed by atoms with Crippen molar-refractivity contribution in [3.63, 3.8) is 0 Å². The third kappa shape index (κ3) is 3.41. The molecule has 0 aromatic heterocycles. The van der Waals surface area contributed by atoms with Gasteiger partial charge in [-0.05, 0) is 56.2 Å². The Bertz CT molecular complexity index is 976. The number of nitrogens with zero attached hydrogens (tertiary/aromatic N) is 1. The van der Waals surface area contributed by atoms with Gasteiger partial charge in [0.25, 0.3) is 5.91 Å². The Morgan fingerprint density at radius 3 is 2.69 bits per heavy atom. The van der Waals surface area contributed by atoms with Crippen molar-refractivity contribution in [1.29, 1.82) is 0 Å². The van der Waals surface area contributed by atoms with E-state index in [2.05, 4.69) is 5.32 Å². The third-order valence-electron chi connectivity index (χ3n) is 4.36. The molecule has 1 heterocycles. The van der Waals surface area contributed by atoms with E-state index in [0.29, 0.717) is 28.4 Å². The lowest BCUT2D eigenvalue weighted by Crippen LogP contribution is -2.36. The zero-order chi connectivity index (χ0) is 19.1. The fourth-order valence-corrected chi connectivity index (χ4v) is 4.83. The van der Waals surface area contributed by atoms with E-state index in [-0.39, 0.29) is 22.7 Å². The highest BCUT2D eigenvalue weighted by Gasteiger charge is 2.34. The molecule has 8 heteroatoms. The lowest BCUT2D eigenvalue weighted by molar-refractivity contribution is 0.102. The SMILES string of the molecule is CCS(=O)(=O)N1c2ccc(C(=O)Nc3cccc(Cl)c3Cl)cc2C[C@@H]1C. The van der Waals surface area contributed by atoms with Crippen molar-refractivity contribution in [2.45, 2.75) is 26.3 Å². The van der Waals surface area contributed by atoms with Crippen molar-refractivity contribution in [1.82, 2.24) is 0 Å². The van der Waals surface area contributed by atoms with Gasteiger partial charge in [-0.1, -0.05) is 29.3 Å². The predicted octanol–water partition coefficient (Wildman–Crippen LogP) is 4.35. The second kappa shape index (κ2) is 7.10. The van der Waals surface area contributed by atoms with Gasteiger partial charge in [0.2, 0.25) is 10.0 Å². The molecule has 0 bridgehead atoms. The molecule has 0 radical (unpaired) electrons. The van der Waals surface area contributed by atoms with E-state index in [1.165, 1.54) is 4.31 Å². The zero-order valence-electron chi connectivity index (χ0n) is 14.3. The largest absolute Gasteiger partial charge is 0.321 e. The summed E-state index contributed by atoms with van der Waals surface area (Å²) in [4.78, 5) is 12.5. The Hall–Kier alpha value is -1.76. The van der Waals surface area contributed by atoms with Crippen molar-refractivity contribution in [3.05, 3.63) is 57.6 Å². The molecule has 1 aliphatic rings. The van der Waals surface area contributed by atoms with Crippen LogP contribution in [-0.4, -0.2) is 26.1 Å². The van der Waals surface area contributed by atoms with Gasteiger partial charge in [0, 0.05) is 11.6 Å². The van der Waals surface area contributed by atoms with Gasteiger partial charge in [-0.3, -0.25) is 9.10 Å². The first-order chi connectivity index (χ1) is 12.2. The maximum absolute atomic E-state index is 12.5. The van der Waals surface area contributed by atoms with Crippen molar-refractivity contribution in [2.24, 2.45) is 0 Å². The number of hydrogen-bond donors (Lipinski definition) is 1. The van der Waals surface area contributed by atoms with Gasteiger partial charge in [-0.15, -0.1) is 0 Å². The van der Waals surface area contributed by atoms with E-state index in [1.54, 1.807) is 43.3 Å². The van der Waals surface area contributed by atoms with Gasteiger partial charge >= 0.3 is 0 Å². The highest BCUT2D eigenvalue weighted by atomic mass is 35.5. The summed E-state index contributed by atoms with van der Waals surface area (Å²) in [5.74, 6) is -0.298. The number of sulfonamides is 1. The monoisotopic (exact) mass is 412 g/mol. The quantitative estimate of drug-likeness (QED) is 0.811. The van der Waals surface area contributed by atoms with Crippen LogP contribution in [0.5, 0.6) is 0 Å². The molecule has 0 saturated heterocycles. The minimum atomic E-state index is -3.35. The molecule has 3 rings (SSSR count). The number of amides is 1. The Balaban J connectivity index is 1.89. The maximum atomic E-state index is 12.5. The molecule has 26 heavy (non-hydrogen) atoms. The van der Waals surface area contributed by atoms with Gasteiger partial charge in [-0.2, -0.15) is 0 Å². The molecule has 5 nitrogen and oxygen atoms in total. The number of anilines is 2. The number of hydrogen-bond acceptors (Lipinski definition) is 3. The third-order valence-corrected chi connectivity index (χ3v) is 7.06. The standard InChI is InChI=1S/C18H18Cl2N2O3S/c1-3-26(24,25)22-11(2)9-13-10-12(7-8-16(13)22)18(23)21-15-6-4-5-14(19)17(15)20/h4-8,10-11H,3,9H2,1-2H3,(H,21,23)/t11-/m0/s1. The minimum absolute atomic E-state index is 0.0340. The van der Waals surface area contributed by atoms with Crippen LogP contribution >= 0.6 is 23.2 Å². The highest BCUT2D eigenvalue weighted by Crippen LogP contribution is 2.36. The van der Waals surface area contributed by atoms with Gasteiger partial charge in [0.15, 0.2) is 0 Å². The Kier molecular flexibility index (Phi) is 5.19. The van der Waals surface area contributed by atoms with E-state index >= 15 is 0 Å². The molecule has 2 aromatic carbocycles. The zero-order valence-corrected chi connectivity index (χ0v) is 16.6. The fourth-order valence-electron chi connectivity index (χ4n) is 3.10. The maximum Gasteiger partial charge on any atom is 0.255 e. The number of nitrogens with one attached hydrogen (secondary N) is 1. The molecular weight excluding hydrogens is 395 g/mol. The van der Waals surface area contributed by atoms with E-state index < -0.39 is 10.0 Å². The van der Waals surface area contributed by atoms with Crippen molar-refractivity contribution in [2.75, 3.05) is 15.4 Å². The lowest BCUT2D eigenvalue weighted by atomic mass is 10.1.